The number of carbonyl (C=O) groups excluding carboxylic acids is 2. The lowest BCUT2D eigenvalue weighted by atomic mass is 10.1. The lowest BCUT2D eigenvalue weighted by molar-refractivity contribution is 0.101. The van der Waals surface area contributed by atoms with Crippen LogP contribution in [0.1, 0.15) is 40.9 Å². The number of pyridine rings is 3. The van der Waals surface area contributed by atoms with Gasteiger partial charge in [0.15, 0.2) is 5.76 Å². The van der Waals surface area contributed by atoms with Gasteiger partial charge in [0.1, 0.15) is 17.1 Å². The molecule has 0 aliphatic carbocycles. The van der Waals surface area contributed by atoms with Gasteiger partial charge in [0.05, 0.1) is 36.8 Å². The van der Waals surface area contributed by atoms with Crippen molar-refractivity contribution >= 4 is 46.0 Å². The fourth-order valence-corrected chi connectivity index (χ4v) is 6.26. The number of aryl methyl sites for hydroxylation is 1. The number of methoxy groups -OCH3 is 1. The minimum atomic E-state index is -0.321. The van der Waals surface area contributed by atoms with Gasteiger partial charge < -0.3 is 18.9 Å². The number of nitrogens with zero attached hydrogens (tertiary/aromatic N) is 7. The van der Waals surface area contributed by atoms with Crippen molar-refractivity contribution in [3.8, 4) is 11.5 Å². The lowest BCUT2D eigenvalue weighted by Crippen LogP contribution is -2.41. The molecule has 11 heteroatoms. The van der Waals surface area contributed by atoms with Gasteiger partial charge in [0, 0.05) is 80.4 Å². The molecular weight excluding hydrogens is 594 g/mol. The summed E-state index contributed by atoms with van der Waals surface area (Å²) in [6, 6.07) is 14.1. The van der Waals surface area contributed by atoms with Crippen LogP contribution in [-0.2, 0) is 13.6 Å². The molecule has 47 heavy (non-hydrogen) atoms. The number of aromatic nitrogens is 4. The second-order valence-electron chi connectivity index (χ2n) is 11.7. The number of benzene rings is 1. The Morgan fingerprint density at radius 1 is 1.02 bits per heavy atom. The molecule has 0 N–H and O–H groups in total. The number of amides is 2. The molecule has 1 aromatic carbocycles. The molecule has 2 amide bonds. The molecular formula is C36H35N7O4. The fraction of sp³-hybridized carbons (Fsp3) is 0.250. The summed E-state index contributed by atoms with van der Waals surface area (Å²) in [6.45, 7) is 2.17. The van der Waals surface area contributed by atoms with Crippen LogP contribution >= 0.6 is 0 Å². The van der Waals surface area contributed by atoms with Crippen molar-refractivity contribution < 1.29 is 19.1 Å². The Bertz CT molecular complexity index is 2000. The van der Waals surface area contributed by atoms with Crippen molar-refractivity contribution in [2.24, 2.45) is 7.05 Å². The molecule has 6 heterocycles. The summed E-state index contributed by atoms with van der Waals surface area (Å²) in [7, 11) is 5.22. The zero-order chi connectivity index (χ0) is 32.5. The van der Waals surface area contributed by atoms with E-state index in [0.29, 0.717) is 34.1 Å². The van der Waals surface area contributed by atoms with E-state index < -0.39 is 0 Å². The van der Waals surface area contributed by atoms with Crippen molar-refractivity contribution in [1.82, 2.24) is 19.5 Å². The third-order valence-corrected chi connectivity index (χ3v) is 8.71. The van der Waals surface area contributed by atoms with E-state index in [2.05, 4.69) is 25.9 Å². The van der Waals surface area contributed by atoms with E-state index >= 15 is 0 Å². The summed E-state index contributed by atoms with van der Waals surface area (Å²) >= 11 is 0. The fourth-order valence-electron chi connectivity index (χ4n) is 6.26. The average Bonchev–Trinajstić information content (AvgIpc) is 3.61. The van der Waals surface area contributed by atoms with Crippen molar-refractivity contribution in [3.05, 3.63) is 102 Å². The first-order chi connectivity index (χ1) is 22.9. The smallest absolute Gasteiger partial charge is 0.329 e. The minimum absolute atomic E-state index is 0.186. The Morgan fingerprint density at radius 3 is 2.64 bits per heavy atom. The zero-order valence-corrected chi connectivity index (χ0v) is 26.6. The zero-order valence-electron chi connectivity index (χ0n) is 26.6. The standard InChI is InChI=1S/C36H35N7O4/c1-40-22-24(33-30(12-15-39-35(33)40)42-16-5-4-6-17-42)18-32-34(44)29-20-26(9-10-31(29)47-32)41(2)36(45)43(27-8-7-13-37-21-27)23-25-19-28(46-3)11-14-38-25/h7-15,18-22H,4-6,16-17,23H2,1-3H3. The Hall–Kier alpha value is -5.71. The predicted octanol–water partition coefficient (Wildman–Crippen LogP) is 6.24. The number of ether oxygens (including phenoxy) is 2. The van der Waals surface area contributed by atoms with Crippen LogP contribution in [0, 0.1) is 0 Å². The van der Waals surface area contributed by atoms with Gasteiger partial charge in [-0.3, -0.25) is 24.6 Å². The second-order valence-corrected chi connectivity index (χ2v) is 11.7. The Morgan fingerprint density at radius 2 is 1.85 bits per heavy atom. The number of urea groups is 1. The van der Waals surface area contributed by atoms with E-state index in [0.717, 1.165) is 48.2 Å². The van der Waals surface area contributed by atoms with E-state index in [1.54, 1.807) is 80.1 Å². The van der Waals surface area contributed by atoms with Crippen LogP contribution in [0.25, 0.3) is 17.1 Å². The average molecular weight is 630 g/mol. The van der Waals surface area contributed by atoms with Crippen molar-refractivity contribution in [2.45, 2.75) is 25.8 Å². The highest BCUT2D eigenvalue weighted by atomic mass is 16.5. The number of piperidine rings is 1. The number of ketones is 1. The normalized spacial score (nSPS) is 15.1. The highest BCUT2D eigenvalue weighted by Crippen LogP contribution is 2.38. The van der Waals surface area contributed by atoms with Crippen LogP contribution in [0.15, 0.2) is 85.3 Å². The van der Waals surface area contributed by atoms with Gasteiger partial charge in [-0.15, -0.1) is 0 Å². The van der Waals surface area contributed by atoms with E-state index in [1.165, 1.54) is 11.3 Å². The highest BCUT2D eigenvalue weighted by Gasteiger charge is 2.30. The first-order valence-corrected chi connectivity index (χ1v) is 15.6. The molecule has 0 unspecified atom stereocenters. The van der Waals surface area contributed by atoms with E-state index in [9.17, 15) is 9.59 Å². The molecule has 2 aliphatic rings. The number of fused-ring (bicyclic) bond motifs is 2. The Kier molecular flexibility index (Phi) is 8.03. The SMILES string of the molecule is COc1ccnc(CN(C(=O)N(C)c2ccc3c(c2)C(=O)C(=Cc2cn(C)c4nccc(N5CCCCC5)c24)O3)c2cccnc2)c1. The first-order valence-electron chi connectivity index (χ1n) is 15.6. The van der Waals surface area contributed by atoms with Gasteiger partial charge in [-0.1, -0.05) is 0 Å². The lowest BCUT2D eigenvalue weighted by Gasteiger charge is -2.29. The van der Waals surface area contributed by atoms with Gasteiger partial charge >= 0.3 is 6.03 Å². The van der Waals surface area contributed by atoms with Gasteiger partial charge in [0.25, 0.3) is 0 Å². The largest absolute Gasteiger partial charge is 0.497 e. The molecule has 4 aromatic heterocycles. The van der Waals surface area contributed by atoms with Gasteiger partial charge in [-0.2, -0.15) is 0 Å². The van der Waals surface area contributed by atoms with Crippen LogP contribution in [0.2, 0.25) is 0 Å². The van der Waals surface area contributed by atoms with Crippen LogP contribution in [0.4, 0.5) is 21.9 Å². The quantitative estimate of drug-likeness (QED) is 0.195. The topological polar surface area (TPSA) is 106 Å². The molecule has 0 bridgehead atoms. The van der Waals surface area contributed by atoms with E-state index in [-0.39, 0.29) is 24.1 Å². The Balaban J connectivity index is 1.18. The molecule has 1 saturated heterocycles. The van der Waals surface area contributed by atoms with Gasteiger partial charge in [0.2, 0.25) is 5.78 Å². The maximum Gasteiger partial charge on any atom is 0.329 e. The van der Waals surface area contributed by atoms with Gasteiger partial charge in [-0.25, -0.2) is 9.78 Å². The van der Waals surface area contributed by atoms with Crippen LogP contribution in [-0.4, -0.2) is 58.6 Å². The predicted molar refractivity (Wildman–Crippen MR) is 181 cm³/mol. The second kappa shape index (κ2) is 12.6. The first kappa shape index (κ1) is 30.0. The monoisotopic (exact) mass is 629 g/mol. The number of carbonyl (C=O) groups is 2. The third kappa shape index (κ3) is 5.76. The number of Topliss-reactive ketones (excluding diaryl/α,β-unsaturated/α-hetero) is 1. The summed E-state index contributed by atoms with van der Waals surface area (Å²) < 4.78 is 13.4. The summed E-state index contributed by atoms with van der Waals surface area (Å²) in [4.78, 5) is 46.5. The molecule has 0 saturated carbocycles. The number of anilines is 3. The molecule has 0 spiro atoms. The van der Waals surface area contributed by atoms with E-state index in [4.69, 9.17) is 9.47 Å². The van der Waals surface area contributed by atoms with Crippen LogP contribution in [0.5, 0.6) is 11.5 Å². The Labute approximate surface area is 272 Å². The highest BCUT2D eigenvalue weighted by molar-refractivity contribution is 6.16. The van der Waals surface area contributed by atoms with Crippen LogP contribution in [0.3, 0.4) is 0 Å². The summed E-state index contributed by atoms with van der Waals surface area (Å²) in [5.41, 5.74) is 5.04. The minimum Gasteiger partial charge on any atom is -0.497 e. The third-order valence-electron chi connectivity index (χ3n) is 8.71. The molecule has 11 nitrogen and oxygen atoms in total. The number of hydrogen-bond donors (Lipinski definition) is 0. The number of allylic oxidation sites excluding steroid dienone is 1. The van der Waals surface area contributed by atoms with E-state index in [1.807, 2.05) is 30.1 Å². The summed E-state index contributed by atoms with van der Waals surface area (Å²) in [5.74, 6) is 1.08. The molecule has 5 aromatic rings. The van der Waals surface area contributed by atoms with Crippen molar-refractivity contribution in [2.75, 3.05) is 41.9 Å². The number of rotatable bonds is 7. The molecule has 1 fully saturated rings. The van der Waals surface area contributed by atoms with Gasteiger partial charge in [-0.05, 0) is 67.8 Å². The molecule has 2 aliphatic heterocycles. The van der Waals surface area contributed by atoms with Crippen molar-refractivity contribution in [1.29, 1.82) is 0 Å². The maximum absolute atomic E-state index is 14.0. The molecule has 0 atom stereocenters. The van der Waals surface area contributed by atoms with Crippen LogP contribution < -0.4 is 24.2 Å². The maximum atomic E-state index is 14.0. The van der Waals surface area contributed by atoms with Crippen molar-refractivity contribution in [3.63, 3.8) is 0 Å². The summed E-state index contributed by atoms with van der Waals surface area (Å²) in [5, 5.41) is 1.00. The number of hydrogen-bond acceptors (Lipinski definition) is 8. The summed E-state index contributed by atoms with van der Waals surface area (Å²) in [6.07, 6.45) is 14.1. The molecule has 238 valence electrons. The molecule has 7 rings (SSSR count). The molecule has 0 radical (unpaired) electrons.